The van der Waals surface area contributed by atoms with Crippen LogP contribution in [-0.2, 0) is 19.2 Å². The second-order valence-electron chi connectivity index (χ2n) is 3.64. The minimum absolute atomic E-state index is 0.00353. The Hall–Kier alpha value is -1.65. The maximum Gasteiger partial charge on any atom is 0.342 e. The summed E-state index contributed by atoms with van der Waals surface area (Å²) in [7, 11) is 0. The van der Waals surface area contributed by atoms with E-state index in [4.69, 9.17) is 20.6 Å². The highest BCUT2D eigenvalue weighted by Crippen LogP contribution is 2.09. The molecule has 1 rings (SSSR count). The number of nitrogens with two attached hydrogens (primary N) is 1. The highest BCUT2D eigenvalue weighted by atomic mass is 16.7. The van der Waals surface area contributed by atoms with E-state index in [1.807, 2.05) is 0 Å². The van der Waals surface area contributed by atoms with E-state index >= 15 is 0 Å². The molecule has 0 aromatic heterocycles. The summed E-state index contributed by atoms with van der Waals surface area (Å²) in [5.41, 5.74) is 4.95. The highest BCUT2D eigenvalue weighted by Gasteiger charge is 2.24. The molecule has 1 saturated heterocycles. The summed E-state index contributed by atoms with van der Waals surface area (Å²) in [5.74, 6) is -2.13. The minimum atomic E-state index is -0.953. The molecule has 1 atom stereocenters. The molecular weight excluding hydrogens is 226 g/mol. The normalized spacial score (nSPS) is 18.1. The number of nitriles is 1. The maximum absolute atomic E-state index is 11.6. The summed E-state index contributed by atoms with van der Waals surface area (Å²) in [6.45, 7) is 1.96. The molecule has 0 bridgehead atoms. The number of morpholine rings is 1. The Morgan fingerprint density at radius 3 is 2.65 bits per heavy atom. The first kappa shape index (κ1) is 13.4. The van der Waals surface area contributed by atoms with Crippen molar-refractivity contribution < 1.29 is 19.2 Å². The van der Waals surface area contributed by atoms with Crippen molar-refractivity contribution in [2.24, 2.45) is 11.7 Å². The fraction of sp³-hybridized carbons (Fsp3) is 0.700. The van der Waals surface area contributed by atoms with E-state index in [1.165, 1.54) is 5.06 Å². The Balaban J connectivity index is 2.37. The van der Waals surface area contributed by atoms with Crippen molar-refractivity contribution in [2.75, 3.05) is 26.3 Å². The van der Waals surface area contributed by atoms with E-state index in [1.54, 1.807) is 6.07 Å². The van der Waals surface area contributed by atoms with Crippen LogP contribution in [0.1, 0.15) is 12.8 Å². The van der Waals surface area contributed by atoms with Crippen molar-refractivity contribution in [3.05, 3.63) is 0 Å². The SMILES string of the molecule is N#CC(CCC(N)=O)C(=O)ON1CCOCC1. The van der Waals surface area contributed by atoms with Gasteiger partial charge in [0.1, 0.15) is 5.92 Å². The van der Waals surface area contributed by atoms with Crippen molar-refractivity contribution in [1.82, 2.24) is 5.06 Å². The van der Waals surface area contributed by atoms with Crippen molar-refractivity contribution >= 4 is 11.9 Å². The van der Waals surface area contributed by atoms with Crippen molar-refractivity contribution in [3.63, 3.8) is 0 Å². The molecule has 17 heavy (non-hydrogen) atoms. The van der Waals surface area contributed by atoms with E-state index in [2.05, 4.69) is 0 Å². The summed E-state index contributed by atoms with van der Waals surface area (Å²) in [5, 5.41) is 10.3. The molecule has 1 unspecified atom stereocenters. The Kier molecular flexibility index (Phi) is 5.39. The van der Waals surface area contributed by atoms with E-state index in [0.717, 1.165) is 0 Å². The molecule has 7 heteroatoms. The van der Waals surface area contributed by atoms with Gasteiger partial charge in [0.2, 0.25) is 5.91 Å². The number of amides is 1. The van der Waals surface area contributed by atoms with Crippen molar-refractivity contribution in [1.29, 1.82) is 5.26 Å². The Bertz CT molecular complexity index is 320. The van der Waals surface area contributed by atoms with Crippen LogP contribution in [0.2, 0.25) is 0 Å². The lowest BCUT2D eigenvalue weighted by atomic mass is 10.1. The van der Waals surface area contributed by atoms with Crippen LogP contribution in [0.15, 0.2) is 0 Å². The van der Waals surface area contributed by atoms with Crippen molar-refractivity contribution in [3.8, 4) is 6.07 Å². The van der Waals surface area contributed by atoms with Gasteiger partial charge in [-0.3, -0.25) is 4.79 Å². The van der Waals surface area contributed by atoms with Gasteiger partial charge in [-0.1, -0.05) is 0 Å². The molecule has 0 saturated carbocycles. The van der Waals surface area contributed by atoms with Crippen LogP contribution in [0, 0.1) is 17.2 Å². The average Bonchev–Trinajstić information content (AvgIpc) is 2.30. The Morgan fingerprint density at radius 2 is 2.12 bits per heavy atom. The molecule has 0 spiro atoms. The predicted octanol–water partition coefficient (Wildman–Crippen LogP) is -0.818. The van der Waals surface area contributed by atoms with Gasteiger partial charge in [-0.2, -0.15) is 5.26 Å². The lowest BCUT2D eigenvalue weighted by Gasteiger charge is -2.25. The van der Waals surface area contributed by atoms with Crippen LogP contribution in [0.5, 0.6) is 0 Å². The van der Waals surface area contributed by atoms with Crippen LogP contribution in [0.4, 0.5) is 0 Å². The minimum Gasteiger partial charge on any atom is -0.379 e. The number of carbonyl (C=O) groups excluding carboxylic acids is 2. The quantitative estimate of drug-likeness (QED) is 0.674. The predicted molar refractivity (Wildman–Crippen MR) is 56.0 cm³/mol. The maximum atomic E-state index is 11.6. The number of hydroxylamine groups is 2. The lowest BCUT2D eigenvalue weighted by molar-refractivity contribution is -0.208. The first-order valence-corrected chi connectivity index (χ1v) is 5.36. The standard InChI is InChI=1S/C10H15N3O4/c11-7-8(1-2-9(12)14)10(15)17-13-3-5-16-6-4-13/h8H,1-6H2,(H2,12,14). The van der Waals surface area contributed by atoms with E-state index in [9.17, 15) is 9.59 Å². The summed E-state index contributed by atoms with van der Waals surface area (Å²) in [6, 6.07) is 1.81. The van der Waals surface area contributed by atoms with Crippen LogP contribution < -0.4 is 5.73 Å². The van der Waals surface area contributed by atoms with Crippen LogP contribution in [0.25, 0.3) is 0 Å². The first-order valence-electron chi connectivity index (χ1n) is 5.36. The third-order valence-electron chi connectivity index (χ3n) is 2.31. The van der Waals surface area contributed by atoms with Crippen molar-refractivity contribution in [2.45, 2.75) is 12.8 Å². The number of rotatable bonds is 5. The number of ether oxygens (including phenoxy) is 1. The van der Waals surface area contributed by atoms with Crippen LogP contribution in [-0.4, -0.2) is 43.2 Å². The Labute approximate surface area is 99.0 Å². The second-order valence-corrected chi connectivity index (χ2v) is 3.64. The van der Waals surface area contributed by atoms with Gasteiger partial charge in [-0.25, -0.2) is 4.79 Å². The average molecular weight is 241 g/mol. The number of primary amides is 1. The monoisotopic (exact) mass is 241 g/mol. The van der Waals surface area contributed by atoms with Gasteiger partial charge in [0.15, 0.2) is 0 Å². The smallest absolute Gasteiger partial charge is 0.342 e. The largest absolute Gasteiger partial charge is 0.379 e. The van der Waals surface area contributed by atoms with Gasteiger partial charge in [-0.15, -0.1) is 5.06 Å². The molecule has 0 aromatic rings. The zero-order valence-electron chi connectivity index (χ0n) is 9.42. The topological polar surface area (TPSA) is 106 Å². The van der Waals surface area contributed by atoms with Gasteiger partial charge in [0.25, 0.3) is 0 Å². The van der Waals surface area contributed by atoms with E-state index in [0.29, 0.717) is 26.3 Å². The second kappa shape index (κ2) is 6.83. The number of nitrogens with zero attached hydrogens (tertiary/aromatic N) is 2. The van der Waals surface area contributed by atoms with E-state index in [-0.39, 0.29) is 12.8 Å². The summed E-state index contributed by atoms with van der Waals surface area (Å²) in [4.78, 5) is 27.2. The molecule has 1 amide bonds. The molecule has 1 fully saturated rings. The summed E-state index contributed by atoms with van der Waals surface area (Å²) < 4.78 is 5.09. The van der Waals surface area contributed by atoms with Gasteiger partial charge < -0.3 is 15.3 Å². The summed E-state index contributed by atoms with van der Waals surface area (Å²) >= 11 is 0. The van der Waals surface area contributed by atoms with Gasteiger partial charge in [-0.05, 0) is 6.42 Å². The Morgan fingerprint density at radius 1 is 1.47 bits per heavy atom. The van der Waals surface area contributed by atoms with Gasteiger partial charge in [0, 0.05) is 6.42 Å². The molecule has 94 valence electrons. The molecule has 7 nitrogen and oxygen atoms in total. The number of carbonyl (C=O) groups is 2. The molecular formula is C10H15N3O4. The fourth-order valence-electron chi connectivity index (χ4n) is 1.35. The number of hydrogen-bond donors (Lipinski definition) is 1. The zero-order valence-corrected chi connectivity index (χ0v) is 9.42. The highest BCUT2D eigenvalue weighted by molar-refractivity contribution is 5.77. The molecule has 1 heterocycles. The molecule has 0 aliphatic carbocycles. The van der Waals surface area contributed by atoms with Gasteiger partial charge in [0.05, 0.1) is 32.4 Å². The molecule has 0 radical (unpaired) electrons. The molecule has 1 aliphatic heterocycles. The van der Waals surface area contributed by atoms with Crippen LogP contribution >= 0.6 is 0 Å². The molecule has 0 aromatic carbocycles. The zero-order chi connectivity index (χ0) is 12.7. The van der Waals surface area contributed by atoms with E-state index < -0.39 is 17.8 Å². The third kappa shape index (κ3) is 4.80. The third-order valence-corrected chi connectivity index (χ3v) is 2.31. The van der Waals surface area contributed by atoms with Gasteiger partial charge >= 0.3 is 5.97 Å². The molecule has 2 N–H and O–H groups in total. The lowest BCUT2D eigenvalue weighted by Crippen LogP contribution is -2.39. The summed E-state index contributed by atoms with van der Waals surface area (Å²) in [6.07, 6.45) is 0.0887. The van der Waals surface area contributed by atoms with Crippen LogP contribution in [0.3, 0.4) is 0 Å². The fourth-order valence-corrected chi connectivity index (χ4v) is 1.35. The first-order chi connectivity index (χ1) is 8.13. The molecule has 1 aliphatic rings. The number of hydrogen-bond acceptors (Lipinski definition) is 6.